The smallest absolute Gasteiger partial charge is 0.226 e. The summed E-state index contributed by atoms with van der Waals surface area (Å²) in [5.41, 5.74) is 3.73. The summed E-state index contributed by atoms with van der Waals surface area (Å²) in [4.78, 5) is 4.53. The van der Waals surface area contributed by atoms with E-state index in [4.69, 9.17) is 9.15 Å². The molecular formula is C20H21NO3S. The van der Waals surface area contributed by atoms with Crippen LogP contribution in [0.15, 0.2) is 52.9 Å². The average molecular weight is 355 g/mol. The van der Waals surface area contributed by atoms with Gasteiger partial charge in [0.15, 0.2) is 0 Å². The highest BCUT2D eigenvalue weighted by atomic mass is 32.2. The standard InChI is InChI=1S/C20H21NO3S/c1-14-9-10-19(23-3)17(11-14)12-25(22)13-18-15(2)24-20(21-18)16-7-5-4-6-8-16/h4-11H,12-13H2,1-3H3/t25-/m1/s1. The van der Waals surface area contributed by atoms with Crippen LogP contribution < -0.4 is 4.74 Å². The zero-order chi connectivity index (χ0) is 17.8. The van der Waals surface area contributed by atoms with E-state index in [1.165, 1.54) is 0 Å². The summed E-state index contributed by atoms with van der Waals surface area (Å²) < 4.78 is 23.7. The van der Waals surface area contributed by atoms with Crippen molar-refractivity contribution >= 4 is 10.8 Å². The van der Waals surface area contributed by atoms with Crippen LogP contribution >= 0.6 is 0 Å². The van der Waals surface area contributed by atoms with Crippen molar-refractivity contribution in [1.82, 2.24) is 4.98 Å². The van der Waals surface area contributed by atoms with Gasteiger partial charge < -0.3 is 9.15 Å². The van der Waals surface area contributed by atoms with Gasteiger partial charge >= 0.3 is 0 Å². The molecule has 0 bridgehead atoms. The fourth-order valence-electron chi connectivity index (χ4n) is 2.66. The van der Waals surface area contributed by atoms with Crippen molar-refractivity contribution in [1.29, 1.82) is 0 Å². The Labute approximate surface area is 150 Å². The molecule has 0 aliphatic carbocycles. The highest BCUT2D eigenvalue weighted by Crippen LogP contribution is 2.25. The van der Waals surface area contributed by atoms with Gasteiger partial charge in [-0.05, 0) is 32.0 Å². The van der Waals surface area contributed by atoms with Gasteiger partial charge in [0, 0.05) is 21.9 Å². The van der Waals surface area contributed by atoms with Crippen LogP contribution in [0.5, 0.6) is 5.75 Å². The second-order valence-electron chi connectivity index (χ2n) is 5.93. The Bertz CT molecular complexity index is 887. The van der Waals surface area contributed by atoms with Crippen molar-refractivity contribution in [3.8, 4) is 17.2 Å². The molecule has 1 atom stereocenters. The van der Waals surface area contributed by atoms with Crippen LogP contribution in [-0.2, 0) is 22.3 Å². The van der Waals surface area contributed by atoms with Crippen LogP contribution in [0, 0.1) is 13.8 Å². The second-order valence-corrected chi connectivity index (χ2v) is 7.39. The highest BCUT2D eigenvalue weighted by molar-refractivity contribution is 7.83. The maximum Gasteiger partial charge on any atom is 0.226 e. The lowest BCUT2D eigenvalue weighted by molar-refractivity contribution is 0.411. The molecule has 0 spiro atoms. The lowest BCUT2D eigenvalue weighted by atomic mass is 10.1. The first-order valence-electron chi connectivity index (χ1n) is 8.07. The minimum atomic E-state index is -1.10. The highest BCUT2D eigenvalue weighted by Gasteiger charge is 2.15. The molecule has 0 unspecified atom stereocenters. The normalized spacial score (nSPS) is 12.1. The number of benzene rings is 2. The summed E-state index contributed by atoms with van der Waals surface area (Å²) in [7, 11) is 0.532. The van der Waals surface area contributed by atoms with Crippen molar-refractivity contribution < 1.29 is 13.4 Å². The lowest BCUT2D eigenvalue weighted by Crippen LogP contribution is -2.03. The van der Waals surface area contributed by atoms with Crippen LogP contribution in [-0.4, -0.2) is 16.3 Å². The van der Waals surface area contributed by atoms with Crippen LogP contribution in [0.4, 0.5) is 0 Å². The van der Waals surface area contributed by atoms with E-state index in [1.54, 1.807) is 7.11 Å². The monoisotopic (exact) mass is 355 g/mol. The van der Waals surface area contributed by atoms with Crippen LogP contribution in [0.25, 0.3) is 11.5 Å². The number of ether oxygens (including phenoxy) is 1. The quantitative estimate of drug-likeness (QED) is 0.657. The van der Waals surface area contributed by atoms with E-state index in [2.05, 4.69) is 4.98 Å². The summed E-state index contributed by atoms with van der Waals surface area (Å²) in [6.07, 6.45) is 0. The average Bonchev–Trinajstić information content (AvgIpc) is 2.96. The Morgan fingerprint density at radius 3 is 2.56 bits per heavy atom. The van der Waals surface area contributed by atoms with Crippen LogP contribution in [0.2, 0.25) is 0 Å². The molecule has 1 aromatic heterocycles. The van der Waals surface area contributed by atoms with Crippen molar-refractivity contribution in [3.05, 3.63) is 71.1 Å². The molecule has 0 N–H and O–H groups in total. The summed E-state index contributed by atoms with van der Waals surface area (Å²) in [5.74, 6) is 2.83. The van der Waals surface area contributed by atoms with Gasteiger partial charge in [-0.25, -0.2) is 4.98 Å². The molecule has 0 saturated carbocycles. The number of nitrogens with zero attached hydrogens (tertiary/aromatic N) is 1. The van der Waals surface area contributed by atoms with Gasteiger partial charge in [0.05, 0.1) is 24.3 Å². The van der Waals surface area contributed by atoms with Gasteiger partial charge in [0.1, 0.15) is 11.5 Å². The van der Waals surface area contributed by atoms with Gasteiger partial charge in [-0.2, -0.15) is 0 Å². The molecule has 1 heterocycles. The molecule has 3 aromatic rings. The van der Waals surface area contributed by atoms with E-state index in [-0.39, 0.29) is 0 Å². The van der Waals surface area contributed by atoms with Gasteiger partial charge in [-0.1, -0.05) is 35.9 Å². The lowest BCUT2D eigenvalue weighted by Gasteiger charge is -2.09. The van der Waals surface area contributed by atoms with E-state index >= 15 is 0 Å². The molecule has 0 saturated heterocycles. The molecule has 0 aliphatic rings. The van der Waals surface area contributed by atoms with Crippen LogP contribution in [0.3, 0.4) is 0 Å². The number of hydrogen-bond acceptors (Lipinski definition) is 4. The molecule has 0 radical (unpaired) electrons. The van der Waals surface area contributed by atoms with E-state index in [0.717, 1.165) is 28.1 Å². The first kappa shape index (κ1) is 17.4. The van der Waals surface area contributed by atoms with Crippen molar-refractivity contribution in [2.45, 2.75) is 25.4 Å². The Morgan fingerprint density at radius 2 is 1.84 bits per heavy atom. The van der Waals surface area contributed by atoms with Crippen LogP contribution in [0.1, 0.15) is 22.6 Å². The Balaban J connectivity index is 1.76. The van der Waals surface area contributed by atoms with Crippen molar-refractivity contribution in [2.75, 3.05) is 7.11 Å². The number of methoxy groups -OCH3 is 1. The minimum Gasteiger partial charge on any atom is -0.496 e. The van der Waals surface area contributed by atoms with E-state index in [0.29, 0.717) is 23.2 Å². The van der Waals surface area contributed by atoms with E-state index in [9.17, 15) is 4.21 Å². The Kier molecular flexibility index (Phi) is 5.34. The van der Waals surface area contributed by atoms with E-state index in [1.807, 2.05) is 62.4 Å². The number of aromatic nitrogens is 1. The minimum absolute atomic E-state index is 0.360. The summed E-state index contributed by atoms with van der Waals surface area (Å²) in [5, 5.41) is 0. The molecule has 2 aromatic carbocycles. The third kappa shape index (κ3) is 4.17. The molecule has 25 heavy (non-hydrogen) atoms. The van der Waals surface area contributed by atoms with Gasteiger partial charge in [0.2, 0.25) is 5.89 Å². The molecule has 0 aliphatic heterocycles. The molecular weight excluding hydrogens is 334 g/mol. The molecule has 3 rings (SSSR count). The summed E-state index contributed by atoms with van der Waals surface area (Å²) in [6, 6.07) is 15.6. The van der Waals surface area contributed by atoms with Gasteiger partial charge in [0.25, 0.3) is 0 Å². The molecule has 0 fully saturated rings. The van der Waals surface area contributed by atoms with Crippen molar-refractivity contribution in [2.24, 2.45) is 0 Å². The fourth-order valence-corrected chi connectivity index (χ4v) is 3.91. The third-order valence-electron chi connectivity index (χ3n) is 3.96. The first-order chi connectivity index (χ1) is 12.1. The topological polar surface area (TPSA) is 52.3 Å². The molecule has 4 nitrogen and oxygen atoms in total. The predicted octanol–water partition coefficient (Wildman–Crippen LogP) is 4.42. The molecule has 5 heteroatoms. The zero-order valence-electron chi connectivity index (χ0n) is 14.6. The summed E-state index contributed by atoms with van der Waals surface area (Å²) >= 11 is 0. The largest absolute Gasteiger partial charge is 0.496 e. The Hall–Kier alpha value is -2.40. The predicted molar refractivity (Wildman–Crippen MR) is 100.0 cm³/mol. The van der Waals surface area contributed by atoms with Gasteiger partial charge in [-0.3, -0.25) is 4.21 Å². The Morgan fingerprint density at radius 1 is 1.08 bits per heavy atom. The third-order valence-corrected chi connectivity index (χ3v) is 5.19. The SMILES string of the molecule is COc1ccc(C)cc1C[S@@](=O)Cc1nc(-c2ccccc2)oc1C. The summed E-state index contributed by atoms with van der Waals surface area (Å²) in [6.45, 7) is 3.87. The number of aryl methyl sites for hydroxylation is 2. The van der Waals surface area contributed by atoms with Gasteiger partial charge in [-0.15, -0.1) is 0 Å². The van der Waals surface area contributed by atoms with Crippen molar-refractivity contribution in [3.63, 3.8) is 0 Å². The van der Waals surface area contributed by atoms with E-state index < -0.39 is 10.8 Å². The number of rotatable bonds is 6. The zero-order valence-corrected chi connectivity index (χ0v) is 15.4. The maximum atomic E-state index is 12.6. The fraction of sp³-hybridized carbons (Fsp3) is 0.250. The molecule has 130 valence electrons. The number of hydrogen-bond donors (Lipinski definition) is 0. The maximum absolute atomic E-state index is 12.6. The first-order valence-corrected chi connectivity index (χ1v) is 9.56. The number of oxazole rings is 1. The second kappa shape index (κ2) is 7.66. The molecule has 0 amide bonds.